The molecule has 1 aromatic heterocycles. The summed E-state index contributed by atoms with van der Waals surface area (Å²) in [5.41, 5.74) is 5.63. The third-order valence-corrected chi connectivity index (χ3v) is 1.64. The van der Waals surface area contributed by atoms with Crippen molar-refractivity contribution in [1.82, 2.24) is 9.78 Å². The Hall–Kier alpha value is -1.53. The van der Waals surface area contributed by atoms with Gasteiger partial charge in [-0.1, -0.05) is 0 Å². The first-order chi connectivity index (χ1) is 6.30. The minimum Gasteiger partial charge on any atom is -0.387 e. The Morgan fingerprint density at radius 2 is 2.21 bits per heavy atom. The molecule has 0 spiro atoms. The zero-order valence-corrected chi connectivity index (χ0v) is 7.39. The van der Waals surface area contributed by atoms with Crippen LogP contribution in [0, 0.1) is 12.3 Å². The van der Waals surface area contributed by atoms with Crippen molar-refractivity contribution in [2.24, 2.45) is 5.73 Å². The van der Waals surface area contributed by atoms with Crippen molar-refractivity contribution in [3.63, 3.8) is 0 Å². The molecular weight excluding hydrogens is 197 g/mol. The van der Waals surface area contributed by atoms with Crippen LogP contribution in [0.3, 0.4) is 0 Å². The number of amidine groups is 1. The maximum absolute atomic E-state index is 12.1. The lowest BCUT2D eigenvalue weighted by molar-refractivity contribution is -0.212. The number of nitrogens with two attached hydrogens (primary N) is 1. The molecule has 0 amide bonds. The summed E-state index contributed by atoms with van der Waals surface area (Å²) in [5, 5.41) is 10.2. The smallest absolute Gasteiger partial charge is 0.387 e. The molecule has 0 aliphatic rings. The van der Waals surface area contributed by atoms with Crippen LogP contribution >= 0.6 is 0 Å². The Morgan fingerprint density at radius 1 is 1.64 bits per heavy atom. The number of hydrogen-bond donors (Lipinski definition) is 2. The summed E-state index contributed by atoms with van der Waals surface area (Å²) in [5.74, 6) is -0.185. The molecule has 0 fully saturated rings. The quantitative estimate of drug-likeness (QED) is 0.563. The molecule has 0 atom stereocenters. The van der Waals surface area contributed by atoms with Crippen molar-refractivity contribution >= 4 is 5.84 Å². The summed E-state index contributed by atoms with van der Waals surface area (Å²) in [7, 11) is 0. The van der Waals surface area contributed by atoms with E-state index in [1.165, 1.54) is 6.92 Å². The summed E-state index contributed by atoms with van der Waals surface area (Å²) in [4.78, 5) is 0. The lowest BCUT2D eigenvalue weighted by atomic mass is 10.2. The Morgan fingerprint density at radius 3 is 2.57 bits per heavy atom. The van der Waals surface area contributed by atoms with E-state index in [0.29, 0.717) is 5.56 Å². The van der Waals surface area contributed by atoms with E-state index >= 15 is 0 Å². The average Bonchev–Trinajstić information content (AvgIpc) is 2.30. The summed E-state index contributed by atoms with van der Waals surface area (Å²) < 4.78 is 36.3. The Bertz CT molecular complexity index is 352. The molecule has 0 aliphatic carbocycles. The molecule has 1 heterocycles. The van der Waals surface area contributed by atoms with E-state index in [1.54, 1.807) is 0 Å². The van der Waals surface area contributed by atoms with Gasteiger partial charge in [0, 0.05) is 18.2 Å². The molecule has 4 nitrogen and oxygen atoms in total. The van der Waals surface area contributed by atoms with Crippen LogP contribution in [0.4, 0.5) is 13.2 Å². The molecule has 7 heteroatoms. The first-order valence-electron chi connectivity index (χ1n) is 3.76. The lowest BCUT2D eigenvalue weighted by Gasteiger charge is -2.03. The number of aryl methyl sites for hydroxylation is 1. The summed E-state index contributed by atoms with van der Waals surface area (Å²) in [6.45, 7) is 1.44. The van der Waals surface area contributed by atoms with Crippen LogP contribution in [0.1, 0.15) is 11.3 Å². The predicted molar refractivity (Wildman–Crippen MR) is 43.9 cm³/mol. The molecule has 78 valence electrons. The Labute approximate surface area is 78.0 Å². The first kappa shape index (κ1) is 10.6. The normalized spacial score (nSPS) is 11.7. The van der Waals surface area contributed by atoms with Crippen molar-refractivity contribution in [3.8, 4) is 0 Å². The fraction of sp³-hybridized carbons (Fsp3) is 0.429. The average molecular weight is 206 g/mol. The van der Waals surface area contributed by atoms with Crippen molar-refractivity contribution in [2.45, 2.75) is 19.6 Å². The maximum Gasteiger partial charge on any atom is 0.504 e. The fourth-order valence-electron chi connectivity index (χ4n) is 1.00. The summed E-state index contributed by atoms with van der Waals surface area (Å²) >= 11 is 0. The van der Waals surface area contributed by atoms with Gasteiger partial charge in [0.2, 0.25) is 0 Å². The number of alkyl halides is 3. The van der Waals surface area contributed by atoms with Gasteiger partial charge in [0.25, 0.3) is 0 Å². The van der Waals surface area contributed by atoms with Crippen LogP contribution in [0.15, 0.2) is 6.20 Å². The number of nitrogens with zero attached hydrogens (tertiary/aromatic N) is 2. The second-order valence-corrected chi connectivity index (χ2v) is 2.85. The van der Waals surface area contributed by atoms with Gasteiger partial charge in [-0.15, -0.1) is 13.2 Å². The van der Waals surface area contributed by atoms with Crippen LogP contribution in [0.25, 0.3) is 0 Å². The molecular formula is C7H9F3N4. The second kappa shape index (κ2) is 3.32. The van der Waals surface area contributed by atoms with Gasteiger partial charge in [-0.3, -0.25) is 5.41 Å². The highest BCUT2D eigenvalue weighted by Crippen LogP contribution is 2.22. The highest BCUT2D eigenvalue weighted by Gasteiger charge is 2.32. The monoisotopic (exact) mass is 206 g/mol. The Balaban J connectivity index is 2.99. The van der Waals surface area contributed by atoms with Gasteiger partial charge in [-0.05, 0) is 6.92 Å². The van der Waals surface area contributed by atoms with Crippen molar-refractivity contribution in [3.05, 3.63) is 17.5 Å². The molecule has 1 rings (SSSR count). The molecule has 0 aliphatic heterocycles. The van der Waals surface area contributed by atoms with Crippen LogP contribution < -0.4 is 5.73 Å². The first-order valence-corrected chi connectivity index (χ1v) is 3.76. The van der Waals surface area contributed by atoms with E-state index in [4.69, 9.17) is 11.1 Å². The van der Waals surface area contributed by atoms with Gasteiger partial charge >= 0.3 is 6.30 Å². The number of rotatable bonds is 2. The predicted octanol–water partition coefficient (Wildman–Crippen LogP) is 1.15. The van der Waals surface area contributed by atoms with Gasteiger partial charge in [-0.2, -0.15) is 9.78 Å². The van der Waals surface area contributed by atoms with E-state index in [2.05, 4.69) is 5.10 Å². The molecule has 0 radical (unpaired) electrons. The zero-order valence-electron chi connectivity index (χ0n) is 7.39. The van der Waals surface area contributed by atoms with Crippen LogP contribution in [-0.2, 0) is 12.7 Å². The molecule has 0 saturated carbocycles. The van der Waals surface area contributed by atoms with Crippen molar-refractivity contribution < 1.29 is 13.2 Å². The summed E-state index contributed by atoms with van der Waals surface area (Å²) in [6.07, 6.45) is -3.68. The van der Waals surface area contributed by atoms with Gasteiger partial charge in [-0.25, -0.2) is 0 Å². The standard InChI is InChI=1S/C7H9F3N4/c1-4-5(2-6(11)12)3-14(13-4)7(8,9)10/h3H,2H2,1H3,(H3,11,12). The molecule has 1 aromatic rings. The number of aromatic nitrogens is 2. The van der Waals surface area contributed by atoms with Gasteiger partial charge < -0.3 is 5.73 Å². The van der Waals surface area contributed by atoms with Gasteiger partial charge in [0.15, 0.2) is 0 Å². The topological polar surface area (TPSA) is 67.7 Å². The second-order valence-electron chi connectivity index (χ2n) is 2.85. The Kier molecular flexibility index (Phi) is 2.50. The lowest BCUT2D eigenvalue weighted by Crippen LogP contribution is -2.17. The third kappa shape index (κ3) is 2.24. The highest BCUT2D eigenvalue weighted by molar-refractivity contribution is 5.79. The van der Waals surface area contributed by atoms with E-state index in [-0.39, 0.29) is 22.6 Å². The minimum absolute atomic E-state index is 0.0120. The van der Waals surface area contributed by atoms with Gasteiger partial charge in [0.05, 0.1) is 11.5 Å². The van der Waals surface area contributed by atoms with E-state index in [0.717, 1.165) is 6.20 Å². The zero-order chi connectivity index (χ0) is 10.9. The molecule has 3 N–H and O–H groups in total. The number of hydrogen-bond acceptors (Lipinski definition) is 2. The van der Waals surface area contributed by atoms with E-state index in [1.807, 2.05) is 0 Å². The largest absolute Gasteiger partial charge is 0.504 e. The fourth-order valence-corrected chi connectivity index (χ4v) is 1.00. The van der Waals surface area contributed by atoms with Crippen LogP contribution in [0.2, 0.25) is 0 Å². The minimum atomic E-state index is -4.51. The highest BCUT2D eigenvalue weighted by atomic mass is 19.4. The summed E-state index contributed by atoms with van der Waals surface area (Å²) in [6, 6.07) is 0. The molecule has 0 saturated heterocycles. The van der Waals surface area contributed by atoms with Crippen molar-refractivity contribution in [2.75, 3.05) is 0 Å². The van der Waals surface area contributed by atoms with Gasteiger partial charge in [0.1, 0.15) is 0 Å². The van der Waals surface area contributed by atoms with Crippen LogP contribution in [0.5, 0.6) is 0 Å². The molecule has 14 heavy (non-hydrogen) atoms. The molecule has 0 bridgehead atoms. The maximum atomic E-state index is 12.1. The number of nitrogens with one attached hydrogen (secondary N) is 1. The number of halogens is 3. The van der Waals surface area contributed by atoms with Crippen molar-refractivity contribution in [1.29, 1.82) is 5.41 Å². The van der Waals surface area contributed by atoms with E-state index < -0.39 is 6.30 Å². The van der Waals surface area contributed by atoms with Crippen LogP contribution in [-0.4, -0.2) is 15.6 Å². The SMILES string of the molecule is Cc1nn(C(F)(F)F)cc1CC(=N)N. The third-order valence-electron chi connectivity index (χ3n) is 1.64. The van der Waals surface area contributed by atoms with E-state index in [9.17, 15) is 13.2 Å². The molecule has 0 unspecified atom stereocenters. The molecule has 0 aromatic carbocycles.